The molecule has 1 aliphatic rings. The number of rotatable bonds is 2. The molecule has 1 aromatic rings. The molecule has 0 radical (unpaired) electrons. The summed E-state index contributed by atoms with van der Waals surface area (Å²) in [5.41, 5.74) is 9.10. The van der Waals surface area contributed by atoms with E-state index in [2.05, 4.69) is 5.92 Å². The highest BCUT2D eigenvalue weighted by Gasteiger charge is 2.51. The quantitative estimate of drug-likeness (QED) is 0.508. The predicted octanol–water partition coefficient (Wildman–Crippen LogP) is 2.05. The average molecular weight is 271 g/mol. The van der Waals surface area contributed by atoms with Crippen LogP contribution in [0.25, 0.3) is 0 Å². The second-order valence-electron chi connectivity index (χ2n) is 6.36. The molecular weight excluding hydrogens is 249 g/mol. The third kappa shape index (κ3) is 2.44. The number of nitrogens with two attached hydrogens (primary N) is 1. The van der Waals surface area contributed by atoms with E-state index in [9.17, 15) is 0 Å². The Labute approximate surface area is 122 Å². The summed E-state index contributed by atoms with van der Waals surface area (Å²) < 4.78 is 12.1. The SMILES string of the molecule is C#CCc1cc(B2OC(C)(C)C(C)(C)O2)cc(N)c1C. The molecule has 0 spiro atoms. The normalized spacial score (nSPS) is 19.9. The largest absolute Gasteiger partial charge is 0.494 e. The monoisotopic (exact) mass is 271 g/mol. The summed E-state index contributed by atoms with van der Waals surface area (Å²) in [6.07, 6.45) is 5.97. The van der Waals surface area contributed by atoms with Crippen LogP contribution in [0.2, 0.25) is 0 Å². The summed E-state index contributed by atoms with van der Waals surface area (Å²) in [6.45, 7) is 10.1. The third-order valence-corrected chi connectivity index (χ3v) is 4.40. The van der Waals surface area contributed by atoms with Crippen molar-refractivity contribution in [3.8, 4) is 12.3 Å². The van der Waals surface area contributed by atoms with E-state index < -0.39 is 7.12 Å². The first-order chi connectivity index (χ1) is 9.18. The van der Waals surface area contributed by atoms with Crippen molar-refractivity contribution in [2.75, 3.05) is 5.73 Å². The molecule has 106 valence electrons. The molecule has 0 saturated carbocycles. The molecule has 1 fully saturated rings. The fourth-order valence-electron chi connectivity index (χ4n) is 2.23. The molecule has 2 N–H and O–H groups in total. The maximum atomic E-state index is 6.07. The van der Waals surface area contributed by atoms with Gasteiger partial charge in [0.25, 0.3) is 0 Å². The summed E-state index contributed by atoms with van der Waals surface area (Å²) in [7, 11) is -0.403. The molecule has 0 bridgehead atoms. The molecule has 0 unspecified atom stereocenters. The summed E-state index contributed by atoms with van der Waals surface area (Å²) >= 11 is 0. The average Bonchev–Trinajstić information content (AvgIpc) is 2.54. The summed E-state index contributed by atoms with van der Waals surface area (Å²) in [5, 5.41) is 0. The number of nitrogen functional groups attached to an aromatic ring is 1. The zero-order valence-corrected chi connectivity index (χ0v) is 12.9. The van der Waals surface area contributed by atoms with Crippen LogP contribution in [0.5, 0.6) is 0 Å². The van der Waals surface area contributed by atoms with E-state index in [1.165, 1.54) is 0 Å². The van der Waals surface area contributed by atoms with Gasteiger partial charge < -0.3 is 15.0 Å². The Hall–Kier alpha value is -1.44. The maximum absolute atomic E-state index is 6.07. The van der Waals surface area contributed by atoms with Crippen LogP contribution in [-0.2, 0) is 15.7 Å². The van der Waals surface area contributed by atoms with Crippen LogP contribution in [0, 0.1) is 19.3 Å². The lowest BCUT2D eigenvalue weighted by atomic mass is 9.77. The van der Waals surface area contributed by atoms with E-state index in [1.54, 1.807) is 0 Å². The molecule has 0 amide bonds. The number of hydrogen-bond donors (Lipinski definition) is 1. The van der Waals surface area contributed by atoms with Crippen LogP contribution in [0.15, 0.2) is 12.1 Å². The van der Waals surface area contributed by atoms with Gasteiger partial charge in [0.2, 0.25) is 0 Å². The Bertz CT molecular complexity index is 557. The minimum atomic E-state index is -0.403. The van der Waals surface area contributed by atoms with E-state index in [0.29, 0.717) is 6.42 Å². The molecule has 0 aliphatic carbocycles. The highest BCUT2D eigenvalue weighted by molar-refractivity contribution is 6.62. The van der Waals surface area contributed by atoms with Gasteiger partial charge >= 0.3 is 7.12 Å². The Kier molecular flexibility index (Phi) is 3.62. The summed E-state index contributed by atoms with van der Waals surface area (Å²) in [5.74, 6) is 2.67. The third-order valence-electron chi connectivity index (χ3n) is 4.40. The fourth-order valence-corrected chi connectivity index (χ4v) is 2.23. The predicted molar refractivity (Wildman–Crippen MR) is 83.8 cm³/mol. The van der Waals surface area contributed by atoms with Gasteiger partial charge in [-0.15, -0.1) is 12.3 Å². The van der Waals surface area contributed by atoms with Crippen LogP contribution >= 0.6 is 0 Å². The zero-order valence-electron chi connectivity index (χ0n) is 12.9. The van der Waals surface area contributed by atoms with Gasteiger partial charge in [-0.3, -0.25) is 0 Å². The molecular formula is C16H22BNO2. The summed E-state index contributed by atoms with van der Waals surface area (Å²) in [6, 6.07) is 3.95. The van der Waals surface area contributed by atoms with Crippen LogP contribution in [0.1, 0.15) is 38.8 Å². The Morgan fingerprint density at radius 2 is 1.75 bits per heavy atom. The molecule has 3 nitrogen and oxygen atoms in total. The Balaban J connectivity index is 2.39. The van der Waals surface area contributed by atoms with Crippen LogP contribution in [-0.4, -0.2) is 18.3 Å². The van der Waals surface area contributed by atoms with E-state index in [1.807, 2.05) is 46.8 Å². The summed E-state index contributed by atoms with van der Waals surface area (Å²) in [4.78, 5) is 0. The highest BCUT2D eigenvalue weighted by Crippen LogP contribution is 2.36. The van der Waals surface area contributed by atoms with E-state index in [-0.39, 0.29) is 11.2 Å². The van der Waals surface area contributed by atoms with Crippen molar-refractivity contribution in [3.63, 3.8) is 0 Å². The van der Waals surface area contributed by atoms with Gasteiger partial charge in [-0.25, -0.2) is 0 Å². The van der Waals surface area contributed by atoms with Crippen LogP contribution in [0.4, 0.5) is 5.69 Å². The van der Waals surface area contributed by atoms with Crippen molar-refractivity contribution in [1.29, 1.82) is 0 Å². The maximum Gasteiger partial charge on any atom is 0.494 e. The lowest BCUT2D eigenvalue weighted by Crippen LogP contribution is -2.41. The van der Waals surface area contributed by atoms with Crippen LogP contribution < -0.4 is 11.2 Å². The van der Waals surface area contributed by atoms with E-state index >= 15 is 0 Å². The molecule has 0 aromatic heterocycles. The zero-order chi connectivity index (χ0) is 15.1. The molecule has 0 atom stereocenters. The van der Waals surface area contributed by atoms with Crippen LogP contribution in [0.3, 0.4) is 0 Å². The molecule has 20 heavy (non-hydrogen) atoms. The number of hydrogen-bond acceptors (Lipinski definition) is 3. The van der Waals surface area contributed by atoms with Gasteiger partial charge in [0, 0.05) is 12.1 Å². The Morgan fingerprint density at radius 1 is 1.20 bits per heavy atom. The lowest BCUT2D eigenvalue weighted by Gasteiger charge is -2.32. The first kappa shape index (κ1) is 15.0. The Morgan fingerprint density at radius 3 is 2.25 bits per heavy atom. The van der Waals surface area contributed by atoms with Crippen molar-refractivity contribution in [2.24, 2.45) is 0 Å². The first-order valence-electron chi connectivity index (χ1n) is 6.86. The number of anilines is 1. The minimum Gasteiger partial charge on any atom is -0.399 e. The van der Waals surface area contributed by atoms with Gasteiger partial charge in [0.1, 0.15) is 0 Å². The smallest absolute Gasteiger partial charge is 0.399 e. The van der Waals surface area contributed by atoms with Crippen molar-refractivity contribution < 1.29 is 9.31 Å². The second kappa shape index (κ2) is 4.84. The first-order valence-corrected chi connectivity index (χ1v) is 6.86. The van der Waals surface area contributed by atoms with Crippen molar-refractivity contribution in [2.45, 2.75) is 52.2 Å². The van der Waals surface area contributed by atoms with Gasteiger partial charge in [0.05, 0.1) is 11.2 Å². The van der Waals surface area contributed by atoms with E-state index in [4.69, 9.17) is 21.5 Å². The molecule has 1 heterocycles. The molecule has 1 saturated heterocycles. The molecule has 1 aromatic carbocycles. The minimum absolute atomic E-state index is 0.358. The van der Waals surface area contributed by atoms with Gasteiger partial charge in [-0.05, 0) is 57.3 Å². The van der Waals surface area contributed by atoms with Crippen molar-refractivity contribution in [3.05, 3.63) is 23.3 Å². The van der Waals surface area contributed by atoms with Crippen molar-refractivity contribution >= 4 is 18.3 Å². The standard InChI is InChI=1S/C16H22BNO2/c1-7-8-12-9-13(10-14(18)11(12)2)17-19-15(3,4)16(5,6)20-17/h1,9-10H,8,18H2,2-6H3. The number of terminal acetylenes is 1. The molecule has 4 heteroatoms. The molecule has 1 aliphatic heterocycles. The van der Waals surface area contributed by atoms with Gasteiger partial charge in [-0.2, -0.15) is 0 Å². The highest BCUT2D eigenvalue weighted by atomic mass is 16.7. The second-order valence-corrected chi connectivity index (χ2v) is 6.36. The molecule has 2 rings (SSSR count). The number of benzene rings is 1. The van der Waals surface area contributed by atoms with E-state index in [0.717, 1.165) is 22.3 Å². The van der Waals surface area contributed by atoms with Gasteiger partial charge in [-0.1, -0.05) is 6.07 Å². The van der Waals surface area contributed by atoms with Crippen molar-refractivity contribution in [1.82, 2.24) is 0 Å². The lowest BCUT2D eigenvalue weighted by molar-refractivity contribution is 0.00578. The van der Waals surface area contributed by atoms with Gasteiger partial charge in [0.15, 0.2) is 0 Å². The topological polar surface area (TPSA) is 44.5 Å². The fraction of sp³-hybridized carbons (Fsp3) is 0.500.